The molecular formula is C15H20F3N3O. The Morgan fingerprint density at radius 2 is 2.09 bits per heavy atom. The lowest BCUT2D eigenvalue weighted by Crippen LogP contribution is -2.43. The van der Waals surface area contributed by atoms with Crippen LogP contribution in [-0.4, -0.2) is 59.5 Å². The summed E-state index contributed by atoms with van der Waals surface area (Å²) in [6.07, 6.45) is 0.402. The first kappa shape index (κ1) is 16.8. The molecule has 0 aromatic heterocycles. The quantitative estimate of drug-likeness (QED) is 0.592. The second kappa shape index (κ2) is 5.92. The largest absolute Gasteiger partial charge is 0.335 e. The Morgan fingerprint density at radius 1 is 1.41 bits per heavy atom. The number of halogens is 3. The second-order valence-electron chi connectivity index (χ2n) is 6.49. The summed E-state index contributed by atoms with van der Waals surface area (Å²) in [6, 6.07) is 1.83. The van der Waals surface area contributed by atoms with Crippen LogP contribution in [0.4, 0.5) is 13.2 Å². The number of nitrogens with zero attached hydrogens (tertiary/aromatic N) is 3. The molecule has 0 aromatic carbocycles. The van der Waals surface area contributed by atoms with Crippen LogP contribution < -0.4 is 0 Å². The van der Waals surface area contributed by atoms with Crippen LogP contribution in [0.2, 0.25) is 0 Å². The average Bonchev–Trinajstić information content (AvgIpc) is 3.01. The van der Waals surface area contributed by atoms with Gasteiger partial charge in [0.15, 0.2) is 0 Å². The lowest BCUT2D eigenvalue weighted by Gasteiger charge is -2.33. The van der Waals surface area contributed by atoms with Gasteiger partial charge in [-0.2, -0.15) is 5.26 Å². The molecule has 0 saturated carbocycles. The van der Waals surface area contributed by atoms with Gasteiger partial charge >= 0.3 is 0 Å². The van der Waals surface area contributed by atoms with Crippen molar-refractivity contribution >= 4 is 5.91 Å². The van der Waals surface area contributed by atoms with Crippen molar-refractivity contribution in [3.8, 4) is 6.07 Å². The van der Waals surface area contributed by atoms with E-state index in [4.69, 9.17) is 0 Å². The van der Waals surface area contributed by atoms with Gasteiger partial charge in [-0.15, -0.1) is 0 Å². The molecule has 2 saturated heterocycles. The van der Waals surface area contributed by atoms with Crippen LogP contribution in [0.5, 0.6) is 0 Å². The zero-order chi connectivity index (χ0) is 16.5. The highest BCUT2D eigenvalue weighted by Gasteiger charge is 2.43. The maximum Gasteiger partial charge on any atom is 0.264 e. The van der Waals surface area contributed by atoms with Crippen LogP contribution >= 0.6 is 0 Å². The normalized spacial score (nSPS) is 26.3. The van der Waals surface area contributed by atoms with Crippen molar-refractivity contribution in [3.05, 3.63) is 11.6 Å². The van der Waals surface area contributed by atoms with Crippen LogP contribution in [0.3, 0.4) is 0 Å². The van der Waals surface area contributed by atoms with E-state index in [1.165, 1.54) is 11.0 Å². The van der Waals surface area contributed by atoms with Gasteiger partial charge in [0, 0.05) is 25.0 Å². The summed E-state index contributed by atoms with van der Waals surface area (Å²) in [6.45, 7) is 3.47. The lowest BCUT2D eigenvalue weighted by molar-refractivity contribution is -0.125. The third-order valence-corrected chi connectivity index (χ3v) is 4.25. The molecule has 0 N–H and O–H groups in total. The third kappa shape index (κ3) is 3.61. The molecule has 7 heteroatoms. The molecule has 2 aliphatic rings. The molecule has 0 aliphatic carbocycles. The standard InChI is InChI=1S/C15H20F3N3O/c1-14(2,21-6-4-15(17,18)10-21)7-11(8-19)13(22)20-5-3-12(16)9-20/h7,12H,3-6,9-10H2,1-2H3/t12-/m0/s1. The van der Waals surface area contributed by atoms with Crippen LogP contribution in [0.15, 0.2) is 11.6 Å². The smallest absolute Gasteiger partial charge is 0.264 e. The number of hydrogen-bond acceptors (Lipinski definition) is 3. The second-order valence-corrected chi connectivity index (χ2v) is 6.49. The fourth-order valence-corrected chi connectivity index (χ4v) is 2.89. The van der Waals surface area contributed by atoms with Gasteiger partial charge in [0.25, 0.3) is 11.8 Å². The molecule has 0 aromatic rings. The van der Waals surface area contributed by atoms with E-state index in [0.29, 0.717) is 0 Å². The summed E-state index contributed by atoms with van der Waals surface area (Å²) >= 11 is 0. The minimum atomic E-state index is -2.74. The summed E-state index contributed by atoms with van der Waals surface area (Å²) in [5.74, 6) is -3.26. The van der Waals surface area contributed by atoms with Gasteiger partial charge in [-0.05, 0) is 26.3 Å². The highest BCUT2D eigenvalue weighted by atomic mass is 19.3. The maximum atomic E-state index is 13.3. The molecule has 2 aliphatic heterocycles. The molecule has 0 bridgehead atoms. The van der Waals surface area contributed by atoms with Gasteiger partial charge < -0.3 is 4.90 Å². The van der Waals surface area contributed by atoms with Crippen LogP contribution in [-0.2, 0) is 4.79 Å². The molecule has 0 spiro atoms. The first-order valence-electron chi connectivity index (χ1n) is 7.34. The number of carbonyl (C=O) groups is 1. The summed E-state index contributed by atoms with van der Waals surface area (Å²) in [5.41, 5.74) is -0.954. The van der Waals surface area contributed by atoms with Gasteiger partial charge in [0.1, 0.15) is 17.8 Å². The molecule has 122 valence electrons. The maximum absolute atomic E-state index is 13.3. The van der Waals surface area contributed by atoms with Gasteiger partial charge in [-0.25, -0.2) is 13.2 Å². The Hall–Kier alpha value is -1.55. The number of carbonyl (C=O) groups excluding carboxylic acids is 1. The number of alkyl halides is 3. The van der Waals surface area contributed by atoms with Gasteiger partial charge in [0.2, 0.25) is 0 Å². The first-order valence-corrected chi connectivity index (χ1v) is 7.34. The number of nitriles is 1. The van der Waals surface area contributed by atoms with E-state index in [1.807, 2.05) is 6.07 Å². The van der Waals surface area contributed by atoms with E-state index in [0.717, 1.165) is 0 Å². The minimum Gasteiger partial charge on any atom is -0.335 e. The number of likely N-dealkylation sites (tertiary alicyclic amines) is 2. The van der Waals surface area contributed by atoms with E-state index >= 15 is 0 Å². The van der Waals surface area contributed by atoms with Gasteiger partial charge in [0.05, 0.1) is 13.1 Å². The first-order chi connectivity index (χ1) is 10.1. The van der Waals surface area contributed by atoms with Crippen molar-refractivity contribution in [3.63, 3.8) is 0 Å². The van der Waals surface area contributed by atoms with Crippen molar-refractivity contribution in [2.75, 3.05) is 26.2 Å². The Morgan fingerprint density at radius 3 is 2.55 bits per heavy atom. The molecule has 2 heterocycles. The molecule has 2 fully saturated rings. The molecule has 2 rings (SSSR count). The summed E-state index contributed by atoms with van der Waals surface area (Å²) < 4.78 is 39.9. The molecule has 1 amide bonds. The highest BCUT2D eigenvalue weighted by Crippen LogP contribution is 2.33. The molecule has 1 atom stereocenters. The average molecular weight is 315 g/mol. The van der Waals surface area contributed by atoms with Crippen LogP contribution in [0.25, 0.3) is 0 Å². The third-order valence-electron chi connectivity index (χ3n) is 4.25. The molecule has 4 nitrogen and oxygen atoms in total. The monoisotopic (exact) mass is 315 g/mol. The lowest BCUT2D eigenvalue weighted by atomic mass is 9.99. The van der Waals surface area contributed by atoms with E-state index < -0.39 is 23.5 Å². The summed E-state index contributed by atoms with van der Waals surface area (Å²) in [4.78, 5) is 15.1. The number of amides is 1. The predicted octanol–water partition coefficient (Wildman–Crippen LogP) is 2.13. The number of rotatable bonds is 3. The van der Waals surface area contributed by atoms with E-state index in [1.54, 1.807) is 18.7 Å². The Balaban J connectivity index is 2.14. The van der Waals surface area contributed by atoms with Crippen LogP contribution in [0, 0.1) is 11.3 Å². The summed E-state index contributed by atoms with van der Waals surface area (Å²) in [5, 5.41) is 9.21. The molecule has 0 radical (unpaired) electrons. The van der Waals surface area contributed by atoms with Gasteiger partial charge in [-0.1, -0.05) is 0 Å². The molecule has 22 heavy (non-hydrogen) atoms. The van der Waals surface area contributed by atoms with E-state index in [9.17, 15) is 23.2 Å². The Labute approximate surface area is 128 Å². The van der Waals surface area contributed by atoms with E-state index in [2.05, 4.69) is 0 Å². The van der Waals surface area contributed by atoms with Crippen LogP contribution in [0.1, 0.15) is 26.7 Å². The number of hydrogen-bond donors (Lipinski definition) is 0. The van der Waals surface area contributed by atoms with Gasteiger partial charge in [-0.3, -0.25) is 9.69 Å². The Kier molecular flexibility index (Phi) is 4.52. The topological polar surface area (TPSA) is 47.3 Å². The van der Waals surface area contributed by atoms with Crippen molar-refractivity contribution in [2.24, 2.45) is 0 Å². The Bertz CT molecular complexity index is 525. The molecular weight excluding hydrogens is 295 g/mol. The van der Waals surface area contributed by atoms with Crippen molar-refractivity contribution < 1.29 is 18.0 Å². The zero-order valence-corrected chi connectivity index (χ0v) is 12.8. The summed E-state index contributed by atoms with van der Waals surface area (Å²) in [7, 11) is 0. The zero-order valence-electron chi connectivity index (χ0n) is 12.8. The fraction of sp³-hybridized carbons (Fsp3) is 0.733. The SMILES string of the molecule is CC(C)(C=C(C#N)C(=O)N1CC[C@H](F)C1)N1CCC(F)(F)C1. The molecule has 0 unspecified atom stereocenters. The van der Waals surface area contributed by atoms with Crippen molar-refractivity contribution in [1.82, 2.24) is 9.80 Å². The highest BCUT2D eigenvalue weighted by molar-refractivity contribution is 5.97. The van der Waals surface area contributed by atoms with Crippen molar-refractivity contribution in [2.45, 2.75) is 44.3 Å². The van der Waals surface area contributed by atoms with E-state index in [-0.39, 0.29) is 44.6 Å². The predicted molar refractivity (Wildman–Crippen MR) is 75.0 cm³/mol. The minimum absolute atomic E-state index is 0.0138. The fourth-order valence-electron chi connectivity index (χ4n) is 2.89. The van der Waals surface area contributed by atoms with Crippen molar-refractivity contribution in [1.29, 1.82) is 5.26 Å².